The molecule has 426 valence electrons. The molecule has 0 radical (unpaired) electrons. The summed E-state index contributed by atoms with van der Waals surface area (Å²) in [5.74, 6) is 0. The van der Waals surface area contributed by atoms with Gasteiger partial charge in [0.15, 0.2) is 0 Å². The third-order valence-corrected chi connectivity index (χ3v) is 17.6. The molecule has 0 amide bonds. The Bertz CT molecular complexity index is 5360. The highest BCUT2D eigenvalue weighted by Gasteiger charge is 2.18. The number of anilines is 6. The van der Waals surface area contributed by atoms with Gasteiger partial charge in [0.25, 0.3) is 0 Å². The van der Waals surface area contributed by atoms with Gasteiger partial charge in [-0.25, -0.2) is 0 Å². The fourth-order valence-corrected chi connectivity index (χ4v) is 13.0. The molecule has 0 aliphatic rings. The smallest absolute Gasteiger partial charge is 0.0542 e. The van der Waals surface area contributed by atoms with E-state index < -0.39 is 0 Å². The second-order valence-electron chi connectivity index (χ2n) is 22.7. The van der Waals surface area contributed by atoms with Crippen LogP contribution in [0.2, 0.25) is 0 Å². The van der Waals surface area contributed by atoms with Crippen molar-refractivity contribution in [1.82, 2.24) is 13.7 Å². The second kappa shape index (κ2) is 23.3. The van der Waals surface area contributed by atoms with Crippen molar-refractivity contribution in [1.29, 1.82) is 0 Å². The Morgan fingerprint density at radius 3 is 0.966 bits per heavy atom. The molecule has 0 unspecified atom stereocenters. The molecule has 0 aliphatic heterocycles. The van der Waals surface area contributed by atoms with Crippen molar-refractivity contribution >= 4 is 121 Å². The van der Waals surface area contributed by atoms with Crippen LogP contribution < -0.4 is 14.7 Å². The number of hydrogen-bond donors (Lipinski definition) is 0. The van der Waals surface area contributed by atoms with Crippen molar-refractivity contribution in [2.24, 2.45) is 0 Å². The Labute approximate surface area is 518 Å². The SMILES string of the molecule is CN(c1ccc2c(c1)c1ccccc1n2-c1ccccc1)c1cccc2ccccc12.CN(c1ccc2ccccc2c1)c1ccc2c(c1)c1ccccc1n2-c1ccccc1.CN(c1ccccc1)c1ccc2c(c1)c1ccccc1n2-c1ccccc1. The molecule has 89 heavy (non-hydrogen) atoms. The Balaban J connectivity index is 0.000000112. The average Bonchev–Trinajstić information content (AvgIpc) is 2.10. The van der Waals surface area contributed by atoms with Gasteiger partial charge in [-0.2, -0.15) is 0 Å². The first-order chi connectivity index (χ1) is 43.9. The van der Waals surface area contributed by atoms with Gasteiger partial charge < -0.3 is 28.4 Å². The van der Waals surface area contributed by atoms with Crippen LogP contribution in [0.15, 0.2) is 334 Å². The van der Waals surface area contributed by atoms with Gasteiger partial charge in [0.2, 0.25) is 0 Å². The Hall–Kier alpha value is -11.6. The highest BCUT2D eigenvalue weighted by molar-refractivity contribution is 6.13. The van der Waals surface area contributed by atoms with Crippen molar-refractivity contribution in [2.45, 2.75) is 0 Å². The molecule has 0 saturated heterocycles. The Morgan fingerprint density at radius 1 is 0.191 bits per heavy atom. The minimum Gasteiger partial charge on any atom is -0.345 e. The van der Waals surface area contributed by atoms with Gasteiger partial charge in [0.05, 0.1) is 33.1 Å². The molecule has 6 heteroatoms. The summed E-state index contributed by atoms with van der Waals surface area (Å²) in [6, 6.07) is 119. The van der Waals surface area contributed by atoms with E-state index in [2.05, 4.69) is 377 Å². The van der Waals surface area contributed by atoms with Crippen molar-refractivity contribution in [3.05, 3.63) is 334 Å². The molecule has 0 spiro atoms. The number of benzene rings is 14. The standard InChI is InChI=1S/2C29H22N2.C25H20N2/c1-30(27-17-9-11-21-10-5-6-14-24(21)27)23-18-19-29-26(20-23)25-15-7-8-16-28(25)31(29)22-12-3-2-4-13-22;1-30(24-16-15-21-9-5-6-10-22(21)19-24)25-17-18-29-27(20-25)26-13-7-8-14-28(26)31(29)23-11-3-2-4-12-23;1-26(19-10-4-2-5-11-19)21-16-17-25-23(18-21)22-14-8-9-15-24(22)27(25)20-12-6-3-7-13-20/h2*2-20H,1H3;2-18H,1H3. The minimum absolute atomic E-state index is 1.18. The fourth-order valence-electron chi connectivity index (χ4n) is 13.0. The molecule has 17 rings (SSSR count). The van der Waals surface area contributed by atoms with E-state index in [0.717, 1.165) is 0 Å². The number of nitrogens with zero attached hydrogens (tertiary/aromatic N) is 6. The molecule has 3 aromatic heterocycles. The van der Waals surface area contributed by atoms with Gasteiger partial charge in [0.1, 0.15) is 0 Å². The minimum atomic E-state index is 1.18. The van der Waals surface area contributed by atoms with Crippen molar-refractivity contribution in [3.8, 4) is 17.1 Å². The summed E-state index contributed by atoms with van der Waals surface area (Å²) in [7, 11) is 6.41. The molecule has 3 heterocycles. The third kappa shape index (κ3) is 10.0. The first-order valence-corrected chi connectivity index (χ1v) is 30.4. The van der Waals surface area contributed by atoms with Gasteiger partial charge in [0, 0.05) is 110 Å². The molecule has 0 aliphatic carbocycles. The van der Waals surface area contributed by atoms with Crippen LogP contribution in [0.3, 0.4) is 0 Å². The van der Waals surface area contributed by atoms with Crippen LogP contribution in [0.4, 0.5) is 34.1 Å². The molecule has 0 fully saturated rings. The lowest BCUT2D eigenvalue weighted by atomic mass is 10.1. The van der Waals surface area contributed by atoms with Crippen molar-refractivity contribution < 1.29 is 0 Å². The molecule has 14 aromatic carbocycles. The summed E-state index contributed by atoms with van der Waals surface area (Å²) in [5.41, 5.74) is 18.1. The maximum Gasteiger partial charge on any atom is 0.0542 e. The number of fused-ring (bicyclic) bond motifs is 11. The van der Waals surface area contributed by atoms with Crippen molar-refractivity contribution in [2.75, 3.05) is 35.8 Å². The van der Waals surface area contributed by atoms with Crippen LogP contribution in [0.25, 0.3) is 104 Å². The predicted molar refractivity (Wildman–Crippen MR) is 381 cm³/mol. The van der Waals surface area contributed by atoms with E-state index in [1.54, 1.807) is 0 Å². The zero-order valence-corrected chi connectivity index (χ0v) is 49.9. The van der Waals surface area contributed by atoms with Crippen LogP contribution in [0, 0.1) is 0 Å². The molecule has 0 bridgehead atoms. The number of rotatable bonds is 9. The van der Waals surface area contributed by atoms with Crippen LogP contribution in [-0.4, -0.2) is 34.8 Å². The van der Waals surface area contributed by atoms with E-state index in [9.17, 15) is 0 Å². The fraction of sp³-hybridized carbons (Fsp3) is 0.0361. The van der Waals surface area contributed by atoms with Crippen molar-refractivity contribution in [3.63, 3.8) is 0 Å². The lowest BCUT2D eigenvalue weighted by molar-refractivity contribution is 1.17. The average molecular weight is 1150 g/mol. The zero-order chi connectivity index (χ0) is 59.8. The largest absolute Gasteiger partial charge is 0.345 e. The van der Waals surface area contributed by atoms with E-state index in [0.29, 0.717) is 0 Å². The van der Waals surface area contributed by atoms with Gasteiger partial charge >= 0.3 is 0 Å². The summed E-state index contributed by atoms with van der Waals surface area (Å²) < 4.78 is 7.05. The molecule has 17 aromatic rings. The first-order valence-electron chi connectivity index (χ1n) is 30.4. The van der Waals surface area contributed by atoms with Crippen LogP contribution in [0.5, 0.6) is 0 Å². The summed E-state index contributed by atoms with van der Waals surface area (Å²) >= 11 is 0. The monoisotopic (exact) mass is 1140 g/mol. The summed E-state index contributed by atoms with van der Waals surface area (Å²) in [4.78, 5) is 6.78. The molecule has 6 nitrogen and oxygen atoms in total. The lowest BCUT2D eigenvalue weighted by Crippen LogP contribution is -2.09. The topological polar surface area (TPSA) is 24.5 Å². The number of para-hydroxylation sites is 7. The first kappa shape index (κ1) is 54.1. The summed E-state index contributed by atoms with van der Waals surface area (Å²) in [6.07, 6.45) is 0. The van der Waals surface area contributed by atoms with Gasteiger partial charge in [-0.05, 0) is 156 Å². The molecule has 0 saturated carbocycles. The van der Waals surface area contributed by atoms with E-state index in [4.69, 9.17) is 0 Å². The quantitative estimate of drug-likeness (QED) is 0.144. The van der Waals surface area contributed by atoms with E-state index >= 15 is 0 Å². The molecule has 0 atom stereocenters. The lowest BCUT2D eigenvalue weighted by Gasteiger charge is -2.22. The Kier molecular flexibility index (Phi) is 14.2. The summed E-state index contributed by atoms with van der Waals surface area (Å²) in [5, 5.41) is 12.7. The Morgan fingerprint density at radius 2 is 0.506 bits per heavy atom. The van der Waals surface area contributed by atoms with E-state index in [-0.39, 0.29) is 0 Å². The highest BCUT2D eigenvalue weighted by Crippen LogP contribution is 2.40. The third-order valence-electron chi connectivity index (χ3n) is 17.6. The summed E-state index contributed by atoms with van der Waals surface area (Å²) in [6.45, 7) is 0. The zero-order valence-electron chi connectivity index (χ0n) is 49.9. The maximum atomic E-state index is 2.35. The highest BCUT2D eigenvalue weighted by atomic mass is 15.1. The van der Waals surface area contributed by atoms with E-state index in [1.807, 2.05) is 6.07 Å². The second-order valence-corrected chi connectivity index (χ2v) is 22.7. The van der Waals surface area contributed by atoms with Crippen LogP contribution >= 0.6 is 0 Å². The molecular weight excluding hydrogens is 1080 g/mol. The van der Waals surface area contributed by atoms with E-state index in [1.165, 1.54) is 138 Å². The van der Waals surface area contributed by atoms with Gasteiger partial charge in [-0.1, -0.05) is 194 Å². The predicted octanol–water partition coefficient (Wildman–Crippen LogP) is 22.0. The number of aromatic nitrogens is 3. The van der Waals surface area contributed by atoms with Gasteiger partial charge in [-0.3, -0.25) is 0 Å². The number of hydrogen-bond acceptors (Lipinski definition) is 3. The van der Waals surface area contributed by atoms with Gasteiger partial charge in [-0.15, -0.1) is 0 Å². The maximum absolute atomic E-state index is 2.35. The molecular formula is C83H64N6. The molecule has 0 N–H and O–H groups in total. The van der Waals surface area contributed by atoms with Crippen LogP contribution in [-0.2, 0) is 0 Å². The van der Waals surface area contributed by atoms with Crippen LogP contribution in [0.1, 0.15) is 0 Å². The normalized spacial score (nSPS) is 11.3.